The highest BCUT2D eigenvalue weighted by atomic mass is 35.5. The Morgan fingerprint density at radius 3 is 2.42 bits per heavy atom. The lowest BCUT2D eigenvalue weighted by molar-refractivity contribution is 0.299. The normalized spacial score (nSPS) is 10.6. The lowest BCUT2D eigenvalue weighted by atomic mass is 10.2. The fourth-order valence-electron chi connectivity index (χ4n) is 2.38. The van der Waals surface area contributed by atoms with Crippen LogP contribution in [0.25, 0.3) is 0 Å². The summed E-state index contributed by atoms with van der Waals surface area (Å²) in [6.45, 7) is 0.644. The van der Waals surface area contributed by atoms with Gasteiger partial charge in [-0.3, -0.25) is 0 Å². The highest BCUT2D eigenvalue weighted by molar-refractivity contribution is 6.42. The molecule has 0 aliphatic rings. The highest BCUT2D eigenvalue weighted by Crippen LogP contribution is 2.26. The van der Waals surface area contributed by atoms with Crippen molar-refractivity contribution in [1.29, 1.82) is 0 Å². The van der Waals surface area contributed by atoms with E-state index in [4.69, 9.17) is 39.5 Å². The van der Waals surface area contributed by atoms with Crippen LogP contribution in [0.2, 0.25) is 15.1 Å². The van der Waals surface area contributed by atoms with Crippen LogP contribution >= 0.6 is 34.8 Å². The Labute approximate surface area is 166 Å². The lowest BCUT2D eigenvalue weighted by Gasteiger charge is -2.11. The molecule has 0 unspecified atom stereocenters. The molecule has 0 radical (unpaired) electrons. The van der Waals surface area contributed by atoms with Gasteiger partial charge in [-0.15, -0.1) is 0 Å². The van der Waals surface area contributed by atoms with Crippen LogP contribution in [0.5, 0.6) is 5.75 Å². The minimum absolute atomic E-state index is 0.0647. The molecular formula is C20H15Cl3FNO. The van der Waals surface area contributed by atoms with Crippen molar-refractivity contribution in [2.75, 3.05) is 5.32 Å². The molecule has 0 heterocycles. The number of rotatable bonds is 6. The molecule has 0 aliphatic heterocycles. The zero-order valence-corrected chi connectivity index (χ0v) is 15.9. The minimum atomic E-state index is -0.380. The maximum absolute atomic E-state index is 13.8. The van der Waals surface area contributed by atoms with Crippen LogP contribution in [0, 0.1) is 5.82 Å². The van der Waals surface area contributed by atoms with Gasteiger partial charge in [0, 0.05) is 17.8 Å². The number of anilines is 1. The third-order valence-electron chi connectivity index (χ3n) is 3.76. The zero-order valence-electron chi connectivity index (χ0n) is 13.6. The summed E-state index contributed by atoms with van der Waals surface area (Å²) >= 11 is 17.9. The molecule has 0 atom stereocenters. The Bertz CT molecular complexity index is 897. The van der Waals surface area contributed by atoms with Gasteiger partial charge in [0.25, 0.3) is 0 Å². The number of halogens is 4. The number of nitrogens with one attached hydrogen (secondary N) is 1. The summed E-state index contributed by atoms with van der Waals surface area (Å²) in [6, 6.07) is 17.5. The molecule has 0 aromatic heterocycles. The number of benzene rings is 3. The van der Waals surface area contributed by atoms with Crippen LogP contribution in [-0.2, 0) is 13.2 Å². The van der Waals surface area contributed by atoms with Gasteiger partial charge in [-0.25, -0.2) is 4.39 Å². The van der Waals surface area contributed by atoms with Gasteiger partial charge in [-0.2, -0.15) is 0 Å². The van der Waals surface area contributed by atoms with Gasteiger partial charge in [-0.1, -0.05) is 53.0 Å². The molecule has 1 N–H and O–H groups in total. The van der Waals surface area contributed by atoms with E-state index in [1.54, 1.807) is 24.3 Å². The topological polar surface area (TPSA) is 21.3 Å². The maximum Gasteiger partial charge on any atom is 0.131 e. The fraction of sp³-hybridized carbons (Fsp3) is 0.100. The van der Waals surface area contributed by atoms with E-state index in [2.05, 4.69) is 5.32 Å². The van der Waals surface area contributed by atoms with Crippen molar-refractivity contribution in [2.45, 2.75) is 13.2 Å². The van der Waals surface area contributed by atoms with Crippen molar-refractivity contribution in [2.24, 2.45) is 0 Å². The predicted octanol–water partition coefficient (Wildman–Crippen LogP) is 6.98. The molecule has 26 heavy (non-hydrogen) atoms. The van der Waals surface area contributed by atoms with Gasteiger partial charge in [0.1, 0.15) is 18.2 Å². The predicted molar refractivity (Wildman–Crippen MR) is 106 cm³/mol. The number of hydrogen-bond acceptors (Lipinski definition) is 2. The Hall–Kier alpha value is -1.94. The summed E-state index contributed by atoms with van der Waals surface area (Å²) in [5.74, 6) is 0.257. The van der Waals surface area contributed by atoms with E-state index in [-0.39, 0.29) is 12.4 Å². The van der Waals surface area contributed by atoms with Crippen LogP contribution in [0.4, 0.5) is 10.1 Å². The van der Waals surface area contributed by atoms with Crippen LogP contribution in [-0.4, -0.2) is 0 Å². The second kappa shape index (κ2) is 8.63. The molecule has 0 saturated carbocycles. The van der Waals surface area contributed by atoms with Crippen molar-refractivity contribution < 1.29 is 9.13 Å². The van der Waals surface area contributed by atoms with Crippen LogP contribution < -0.4 is 10.1 Å². The van der Waals surface area contributed by atoms with Gasteiger partial charge in [0.2, 0.25) is 0 Å². The zero-order chi connectivity index (χ0) is 18.5. The Balaban J connectivity index is 1.63. The summed E-state index contributed by atoms with van der Waals surface area (Å²) < 4.78 is 19.5. The molecule has 3 rings (SSSR count). The first-order valence-electron chi connectivity index (χ1n) is 7.86. The van der Waals surface area contributed by atoms with Gasteiger partial charge < -0.3 is 10.1 Å². The average molecular weight is 411 g/mol. The van der Waals surface area contributed by atoms with E-state index in [1.165, 1.54) is 6.07 Å². The Morgan fingerprint density at radius 2 is 1.65 bits per heavy atom. The third kappa shape index (κ3) is 4.82. The monoisotopic (exact) mass is 409 g/mol. The molecule has 0 saturated heterocycles. The molecule has 0 bridgehead atoms. The minimum Gasteiger partial charge on any atom is -0.489 e. The number of hydrogen-bond donors (Lipinski definition) is 1. The van der Waals surface area contributed by atoms with Gasteiger partial charge in [0.05, 0.1) is 15.1 Å². The van der Waals surface area contributed by atoms with E-state index in [9.17, 15) is 4.39 Å². The molecule has 3 aromatic rings. The second-order valence-electron chi connectivity index (χ2n) is 5.62. The molecular weight excluding hydrogens is 396 g/mol. The van der Waals surface area contributed by atoms with E-state index in [1.807, 2.05) is 30.3 Å². The van der Waals surface area contributed by atoms with Crippen molar-refractivity contribution >= 4 is 40.5 Å². The Kier molecular flexibility index (Phi) is 6.25. The van der Waals surface area contributed by atoms with Gasteiger partial charge in [-0.05, 0) is 48.0 Å². The summed E-state index contributed by atoms with van der Waals surface area (Å²) in [5, 5.41) is 4.63. The van der Waals surface area contributed by atoms with E-state index in [0.29, 0.717) is 32.9 Å². The quantitative estimate of drug-likeness (QED) is 0.473. The third-order valence-corrected chi connectivity index (χ3v) is 4.85. The van der Waals surface area contributed by atoms with Crippen molar-refractivity contribution in [3.05, 3.63) is 92.7 Å². The summed E-state index contributed by atoms with van der Waals surface area (Å²) in [6.07, 6.45) is 0. The SMILES string of the molecule is Fc1cccc(Cl)c1COc1cccc(CNc2ccc(Cl)c(Cl)c2)c1. The van der Waals surface area contributed by atoms with Crippen molar-refractivity contribution in [3.8, 4) is 5.75 Å². The molecule has 0 fully saturated rings. The molecule has 3 aromatic carbocycles. The second-order valence-corrected chi connectivity index (χ2v) is 6.84. The first-order chi connectivity index (χ1) is 12.5. The largest absolute Gasteiger partial charge is 0.489 e. The number of ether oxygens (including phenoxy) is 1. The lowest BCUT2D eigenvalue weighted by Crippen LogP contribution is -2.02. The van der Waals surface area contributed by atoms with E-state index >= 15 is 0 Å². The first kappa shape index (κ1) is 18.8. The van der Waals surface area contributed by atoms with Crippen molar-refractivity contribution in [3.63, 3.8) is 0 Å². The molecule has 0 amide bonds. The summed E-state index contributed by atoms with van der Waals surface area (Å²) in [5.41, 5.74) is 2.21. The van der Waals surface area contributed by atoms with E-state index < -0.39 is 0 Å². The van der Waals surface area contributed by atoms with Gasteiger partial charge in [0.15, 0.2) is 0 Å². The standard InChI is InChI=1S/C20H15Cl3FNO/c21-17-5-2-6-20(24)16(17)12-26-15-4-1-3-13(9-15)11-25-14-7-8-18(22)19(23)10-14/h1-10,25H,11-12H2. The summed E-state index contributed by atoms with van der Waals surface area (Å²) in [4.78, 5) is 0. The Morgan fingerprint density at radius 1 is 0.846 bits per heavy atom. The molecule has 134 valence electrons. The maximum atomic E-state index is 13.8. The van der Waals surface area contributed by atoms with E-state index in [0.717, 1.165) is 11.3 Å². The highest BCUT2D eigenvalue weighted by Gasteiger charge is 2.08. The molecule has 2 nitrogen and oxygen atoms in total. The summed E-state index contributed by atoms with van der Waals surface area (Å²) in [7, 11) is 0. The fourth-order valence-corrected chi connectivity index (χ4v) is 2.90. The molecule has 6 heteroatoms. The van der Waals surface area contributed by atoms with Crippen LogP contribution in [0.3, 0.4) is 0 Å². The van der Waals surface area contributed by atoms with Crippen molar-refractivity contribution in [1.82, 2.24) is 0 Å². The first-order valence-corrected chi connectivity index (χ1v) is 9.00. The van der Waals surface area contributed by atoms with Gasteiger partial charge >= 0.3 is 0 Å². The molecule has 0 aliphatic carbocycles. The average Bonchev–Trinajstić information content (AvgIpc) is 2.63. The molecule has 0 spiro atoms. The van der Waals surface area contributed by atoms with Crippen LogP contribution in [0.15, 0.2) is 60.7 Å². The smallest absolute Gasteiger partial charge is 0.131 e. The van der Waals surface area contributed by atoms with Crippen LogP contribution in [0.1, 0.15) is 11.1 Å².